The molecular formula is C17H31Cl2N5O2S. The third-order valence-corrected chi connectivity index (χ3v) is 6.14. The molecule has 0 bridgehead atoms. The largest absolute Gasteiger partial charge is 0.353 e. The van der Waals surface area contributed by atoms with E-state index in [0.717, 1.165) is 52.1 Å². The molecule has 0 aliphatic carbocycles. The minimum atomic E-state index is -3.33. The average molecular weight is 440 g/mol. The third-order valence-electron chi connectivity index (χ3n) is 5.03. The predicted octanol–water partition coefficient (Wildman–Crippen LogP) is 2.09. The van der Waals surface area contributed by atoms with Crippen LogP contribution in [0.3, 0.4) is 0 Å². The van der Waals surface area contributed by atoms with Gasteiger partial charge in [-0.1, -0.05) is 6.42 Å². The lowest BCUT2D eigenvalue weighted by Gasteiger charge is -2.26. The quantitative estimate of drug-likeness (QED) is 0.701. The summed E-state index contributed by atoms with van der Waals surface area (Å²) in [6.07, 6.45) is 8.58. The van der Waals surface area contributed by atoms with Crippen LogP contribution in [-0.2, 0) is 9.84 Å². The molecule has 2 aliphatic rings. The smallest absolute Gasteiger partial charge is 0.222 e. The summed E-state index contributed by atoms with van der Waals surface area (Å²) in [5.41, 5.74) is 0.658. The Balaban J connectivity index is 0.00000182. The molecular weight excluding hydrogens is 409 g/mol. The van der Waals surface area contributed by atoms with Crippen LogP contribution >= 0.6 is 24.8 Å². The lowest BCUT2D eigenvalue weighted by atomic mass is 9.96. The number of likely N-dealkylation sites (tertiary alicyclic amines) is 1. The highest BCUT2D eigenvalue weighted by molar-refractivity contribution is 7.90. The zero-order chi connectivity index (χ0) is 17.7. The molecule has 2 N–H and O–H groups in total. The van der Waals surface area contributed by atoms with Crippen LogP contribution in [0.5, 0.6) is 0 Å². The molecule has 0 radical (unpaired) electrons. The van der Waals surface area contributed by atoms with Gasteiger partial charge in [0.25, 0.3) is 0 Å². The lowest BCUT2D eigenvalue weighted by molar-refractivity contribution is 0.237. The van der Waals surface area contributed by atoms with Gasteiger partial charge in [0, 0.05) is 31.8 Å². The maximum absolute atomic E-state index is 12.1. The summed E-state index contributed by atoms with van der Waals surface area (Å²) in [5.74, 6) is 0.661. The van der Waals surface area contributed by atoms with Crippen molar-refractivity contribution in [3.05, 3.63) is 11.9 Å². The van der Waals surface area contributed by atoms with Gasteiger partial charge in [0.1, 0.15) is 4.90 Å². The molecule has 3 rings (SSSR count). The van der Waals surface area contributed by atoms with Crippen molar-refractivity contribution in [1.82, 2.24) is 20.2 Å². The van der Waals surface area contributed by atoms with Gasteiger partial charge in [-0.3, -0.25) is 0 Å². The predicted molar refractivity (Wildman–Crippen MR) is 113 cm³/mol. The number of aromatic nitrogens is 2. The van der Waals surface area contributed by atoms with Crippen LogP contribution in [0.4, 0.5) is 5.95 Å². The van der Waals surface area contributed by atoms with Crippen LogP contribution in [0.25, 0.3) is 0 Å². The normalized spacial score (nSPS) is 21.0. The molecule has 1 atom stereocenters. The van der Waals surface area contributed by atoms with Crippen molar-refractivity contribution in [2.45, 2.75) is 42.9 Å². The highest BCUT2D eigenvalue weighted by Gasteiger charge is 2.25. The van der Waals surface area contributed by atoms with Gasteiger partial charge in [0.05, 0.1) is 11.9 Å². The summed E-state index contributed by atoms with van der Waals surface area (Å²) in [4.78, 5) is 11.5. The molecule has 156 valence electrons. The molecule has 7 nitrogen and oxygen atoms in total. The molecule has 1 unspecified atom stereocenters. The SMILES string of the molecule is CS(=O)(=O)c1cnc(NCCN2CCCCC2)nc1C1CCCNC1.Cl.Cl. The number of hydrogen-bond acceptors (Lipinski definition) is 7. The first-order valence-electron chi connectivity index (χ1n) is 9.28. The Morgan fingerprint density at radius 2 is 1.96 bits per heavy atom. The fourth-order valence-electron chi connectivity index (χ4n) is 3.64. The maximum Gasteiger partial charge on any atom is 0.222 e. The summed E-state index contributed by atoms with van der Waals surface area (Å²) >= 11 is 0. The van der Waals surface area contributed by atoms with Gasteiger partial charge in [-0.25, -0.2) is 18.4 Å². The number of hydrogen-bond donors (Lipinski definition) is 2. The van der Waals surface area contributed by atoms with E-state index in [9.17, 15) is 8.42 Å². The maximum atomic E-state index is 12.1. The molecule has 0 saturated carbocycles. The summed E-state index contributed by atoms with van der Waals surface area (Å²) in [6.45, 7) is 5.82. The first-order valence-corrected chi connectivity index (χ1v) is 11.2. The van der Waals surface area contributed by atoms with Crippen molar-refractivity contribution in [3.8, 4) is 0 Å². The van der Waals surface area contributed by atoms with Gasteiger partial charge in [-0.2, -0.15) is 0 Å². The fourth-order valence-corrected chi connectivity index (χ4v) is 4.48. The molecule has 2 fully saturated rings. The number of nitrogens with zero attached hydrogens (tertiary/aromatic N) is 3. The Kier molecular flexibility index (Phi) is 10.3. The number of rotatable bonds is 6. The van der Waals surface area contributed by atoms with E-state index < -0.39 is 9.84 Å². The first-order chi connectivity index (χ1) is 12.0. The fraction of sp³-hybridized carbons (Fsp3) is 0.765. The van der Waals surface area contributed by atoms with Crippen molar-refractivity contribution < 1.29 is 8.42 Å². The molecule has 0 spiro atoms. The Morgan fingerprint density at radius 1 is 1.22 bits per heavy atom. The lowest BCUT2D eigenvalue weighted by Crippen LogP contribution is -2.34. The molecule has 27 heavy (non-hydrogen) atoms. The van der Waals surface area contributed by atoms with E-state index in [-0.39, 0.29) is 35.6 Å². The van der Waals surface area contributed by atoms with Gasteiger partial charge in [0.2, 0.25) is 5.95 Å². The summed E-state index contributed by atoms with van der Waals surface area (Å²) in [6, 6.07) is 0. The van der Waals surface area contributed by atoms with Crippen LogP contribution in [0.1, 0.15) is 43.7 Å². The zero-order valence-corrected chi connectivity index (χ0v) is 18.3. The Bertz CT molecular complexity index is 678. The third kappa shape index (κ3) is 7.02. The van der Waals surface area contributed by atoms with Crippen LogP contribution < -0.4 is 10.6 Å². The van der Waals surface area contributed by atoms with Crippen molar-refractivity contribution in [2.24, 2.45) is 0 Å². The second-order valence-electron chi connectivity index (χ2n) is 7.09. The Morgan fingerprint density at radius 3 is 2.59 bits per heavy atom. The molecule has 2 aliphatic heterocycles. The number of nitrogens with one attached hydrogen (secondary N) is 2. The van der Waals surface area contributed by atoms with Crippen LogP contribution in [-0.4, -0.2) is 68.8 Å². The van der Waals surface area contributed by atoms with Crippen molar-refractivity contribution in [3.63, 3.8) is 0 Å². The monoisotopic (exact) mass is 439 g/mol. The summed E-state index contributed by atoms with van der Waals surface area (Å²) in [5, 5.41) is 6.61. The molecule has 0 amide bonds. The minimum absolute atomic E-state index is 0. The zero-order valence-electron chi connectivity index (χ0n) is 15.8. The first kappa shape index (κ1) is 24.4. The standard InChI is InChI=1S/C17H29N5O2S.2ClH/c1-25(23,24)15-13-20-17(19-8-11-22-9-3-2-4-10-22)21-16(15)14-6-5-7-18-12-14;;/h13-14,18H,2-12H2,1H3,(H,19,20,21);2*1H. The summed E-state index contributed by atoms with van der Waals surface area (Å²) in [7, 11) is -3.33. The van der Waals surface area contributed by atoms with Crippen LogP contribution in [0, 0.1) is 0 Å². The molecule has 2 saturated heterocycles. The van der Waals surface area contributed by atoms with Crippen LogP contribution in [0.2, 0.25) is 0 Å². The second kappa shape index (κ2) is 11.4. The van der Waals surface area contributed by atoms with Gasteiger partial charge < -0.3 is 15.5 Å². The van der Waals surface area contributed by atoms with E-state index in [1.807, 2.05) is 0 Å². The molecule has 1 aromatic rings. The average Bonchev–Trinajstić information content (AvgIpc) is 2.62. The topological polar surface area (TPSA) is 87.2 Å². The van der Waals surface area contributed by atoms with Gasteiger partial charge in [-0.15, -0.1) is 24.8 Å². The molecule has 1 aromatic heterocycles. The van der Waals surface area contributed by atoms with Crippen LogP contribution in [0.15, 0.2) is 11.1 Å². The number of halogens is 2. The highest BCUT2D eigenvalue weighted by Crippen LogP contribution is 2.27. The summed E-state index contributed by atoms with van der Waals surface area (Å²) < 4.78 is 24.2. The second-order valence-corrected chi connectivity index (χ2v) is 9.07. The van der Waals surface area contributed by atoms with Crippen molar-refractivity contribution >= 4 is 40.6 Å². The van der Waals surface area contributed by atoms with E-state index in [4.69, 9.17) is 0 Å². The molecule has 0 aromatic carbocycles. The van der Waals surface area contributed by atoms with E-state index >= 15 is 0 Å². The number of anilines is 1. The highest BCUT2D eigenvalue weighted by atomic mass is 35.5. The van der Waals surface area contributed by atoms with Gasteiger partial charge in [-0.05, 0) is 45.3 Å². The van der Waals surface area contributed by atoms with Gasteiger partial charge in [0.15, 0.2) is 9.84 Å². The molecule has 10 heteroatoms. The van der Waals surface area contributed by atoms with E-state index in [0.29, 0.717) is 11.6 Å². The molecule has 3 heterocycles. The van der Waals surface area contributed by atoms with Crippen molar-refractivity contribution in [2.75, 3.05) is 50.8 Å². The van der Waals surface area contributed by atoms with Gasteiger partial charge >= 0.3 is 0 Å². The van der Waals surface area contributed by atoms with E-state index in [1.165, 1.54) is 31.7 Å². The number of sulfone groups is 1. The minimum Gasteiger partial charge on any atom is -0.353 e. The van der Waals surface area contributed by atoms with Crippen molar-refractivity contribution in [1.29, 1.82) is 0 Å². The Labute approximate surface area is 174 Å². The van der Waals surface area contributed by atoms with E-state index in [1.54, 1.807) is 0 Å². The Hall–Kier alpha value is -0.670. The van der Waals surface area contributed by atoms with E-state index in [2.05, 4.69) is 25.5 Å². The number of piperidine rings is 2.